The van der Waals surface area contributed by atoms with E-state index >= 15 is 0 Å². The first-order chi connectivity index (χ1) is 7.68. The summed E-state index contributed by atoms with van der Waals surface area (Å²) in [6.07, 6.45) is 1.67. The zero-order valence-corrected chi connectivity index (χ0v) is 8.89. The molecule has 3 nitrogen and oxygen atoms in total. The largest absolute Gasteiger partial charge is 0.382 e. The van der Waals surface area contributed by atoms with Gasteiger partial charge in [0.05, 0.1) is 5.69 Å². The summed E-state index contributed by atoms with van der Waals surface area (Å²) < 4.78 is 13.5. The Morgan fingerprint density at radius 3 is 2.75 bits per heavy atom. The van der Waals surface area contributed by atoms with Crippen LogP contribution < -0.4 is 0 Å². The van der Waals surface area contributed by atoms with Gasteiger partial charge in [0, 0.05) is 16.8 Å². The Morgan fingerprint density at radius 2 is 2.12 bits per heavy atom. The molecule has 1 N–H and O–H groups in total. The van der Waals surface area contributed by atoms with Crippen molar-refractivity contribution in [1.29, 1.82) is 0 Å². The number of hydrogen-bond acceptors (Lipinski definition) is 3. The second-order valence-corrected chi connectivity index (χ2v) is 3.64. The van der Waals surface area contributed by atoms with E-state index in [1.54, 1.807) is 0 Å². The third-order valence-corrected chi connectivity index (χ3v) is 2.38. The first kappa shape index (κ1) is 11.0. The number of halogens is 2. The van der Waals surface area contributed by atoms with Gasteiger partial charge in [0.2, 0.25) is 0 Å². The van der Waals surface area contributed by atoms with Crippen LogP contribution in [0.5, 0.6) is 0 Å². The summed E-state index contributed by atoms with van der Waals surface area (Å²) in [5.41, 5.74) is 0.485. The van der Waals surface area contributed by atoms with E-state index in [0.29, 0.717) is 5.69 Å². The van der Waals surface area contributed by atoms with Gasteiger partial charge in [-0.2, -0.15) is 0 Å². The summed E-state index contributed by atoms with van der Waals surface area (Å²) in [5, 5.41) is 10.2. The molecule has 0 saturated heterocycles. The van der Waals surface area contributed by atoms with Crippen molar-refractivity contribution in [2.45, 2.75) is 6.10 Å². The lowest BCUT2D eigenvalue weighted by Crippen LogP contribution is -2.04. The average Bonchev–Trinajstić information content (AvgIpc) is 2.29. The van der Waals surface area contributed by atoms with Crippen LogP contribution in [-0.2, 0) is 0 Å². The van der Waals surface area contributed by atoms with Crippen LogP contribution in [0.3, 0.4) is 0 Å². The molecule has 82 valence electrons. The van der Waals surface area contributed by atoms with Crippen molar-refractivity contribution < 1.29 is 9.50 Å². The van der Waals surface area contributed by atoms with Crippen LogP contribution in [0.25, 0.3) is 0 Å². The summed E-state index contributed by atoms with van der Waals surface area (Å²) in [6, 6.07) is 5.63. The molecule has 0 saturated carbocycles. The Bertz CT molecular complexity index is 493. The van der Waals surface area contributed by atoms with Crippen LogP contribution >= 0.6 is 11.6 Å². The predicted molar refractivity (Wildman–Crippen MR) is 57.5 cm³/mol. The Balaban J connectivity index is 2.38. The quantitative estimate of drug-likeness (QED) is 0.874. The molecule has 0 fully saturated rings. The topological polar surface area (TPSA) is 46.0 Å². The molecule has 0 spiro atoms. The van der Waals surface area contributed by atoms with Gasteiger partial charge >= 0.3 is 0 Å². The van der Waals surface area contributed by atoms with Gasteiger partial charge in [0.25, 0.3) is 0 Å². The lowest BCUT2D eigenvalue weighted by Gasteiger charge is -2.10. The molecule has 2 aromatic rings. The zero-order chi connectivity index (χ0) is 11.5. The minimum atomic E-state index is -1.11. The smallest absolute Gasteiger partial charge is 0.130 e. The van der Waals surface area contributed by atoms with Crippen LogP contribution in [0.1, 0.15) is 17.4 Å². The van der Waals surface area contributed by atoms with Crippen LogP contribution in [-0.4, -0.2) is 15.1 Å². The molecular weight excluding hydrogens is 231 g/mol. The van der Waals surface area contributed by atoms with Gasteiger partial charge in [-0.3, -0.25) is 0 Å². The molecule has 1 heterocycles. The molecule has 0 aliphatic heterocycles. The molecule has 5 heteroatoms. The third kappa shape index (κ3) is 2.18. The first-order valence-corrected chi connectivity index (χ1v) is 4.95. The average molecular weight is 239 g/mol. The van der Waals surface area contributed by atoms with Crippen molar-refractivity contribution in [3.8, 4) is 0 Å². The molecule has 1 aromatic carbocycles. The van der Waals surface area contributed by atoms with E-state index in [2.05, 4.69) is 9.97 Å². The van der Waals surface area contributed by atoms with E-state index in [9.17, 15) is 9.50 Å². The summed E-state index contributed by atoms with van der Waals surface area (Å²) >= 11 is 5.62. The minimum absolute atomic E-state index is 0.142. The van der Waals surface area contributed by atoms with Crippen molar-refractivity contribution in [3.63, 3.8) is 0 Å². The zero-order valence-electron chi connectivity index (χ0n) is 8.14. The van der Waals surface area contributed by atoms with Gasteiger partial charge in [-0.05, 0) is 18.2 Å². The highest BCUT2D eigenvalue weighted by atomic mass is 35.5. The number of benzene rings is 1. The maximum atomic E-state index is 13.5. The van der Waals surface area contributed by atoms with Crippen molar-refractivity contribution in [2.24, 2.45) is 0 Å². The summed E-state index contributed by atoms with van der Waals surface area (Å²) in [4.78, 5) is 7.58. The molecule has 1 aromatic heterocycles. The van der Waals surface area contributed by atoms with Crippen molar-refractivity contribution in [3.05, 3.63) is 58.9 Å². The number of nitrogens with zero attached hydrogens (tertiary/aromatic N) is 2. The van der Waals surface area contributed by atoms with E-state index in [0.717, 1.165) is 6.07 Å². The molecule has 0 aliphatic carbocycles. The number of rotatable bonds is 2. The van der Waals surface area contributed by atoms with Crippen molar-refractivity contribution in [1.82, 2.24) is 9.97 Å². The standard InChI is InChI=1S/C11H8ClFN2O/c12-7-1-2-8(9(13)5-7)11(16)10-3-4-14-6-15-10/h1-6,11,16H. The molecular formula is C11H8ClFN2O. The number of aromatic nitrogens is 2. The fourth-order valence-electron chi connectivity index (χ4n) is 1.35. The first-order valence-electron chi connectivity index (χ1n) is 4.57. The fourth-order valence-corrected chi connectivity index (χ4v) is 1.50. The monoisotopic (exact) mass is 238 g/mol. The van der Waals surface area contributed by atoms with E-state index in [1.165, 1.54) is 30.7 Å². The number of aliphatic hydroxyl groups is 1. The van der Waals surface area contributed by atoms with E-state index < -0.39 is 11.9 Å². The van der Waals surface area contributed by atoms with Crippen LogP contribution in [0, 0.1) is 5.82 Å². The van der Waals surface area contributed by atoms with Gasteiger partial charge in [-0.1, -0.05) is 17.7 Å². The van der Waals surface area contributed by atoms with E-state index in [-0.39, 0.29) is 10.6 Å². The molecule has 0 amide bonds. The highest BCUT2D eigenvalue weighted by Crippen LogP contribution is 2.24. The molecule has 0 aliphatic rings. The Morgan fingerprint density at radius 1 is 1.31 bits per heavy atom. The molecule has 16 heavy (non-hydrogen) atoms. The lowest BCUT2D eigenvalue weighted by atomic mass is 10.1. The SMILES string of the molecule is OC(c1ccncn1)c1ccc(Cl)cc1F. The van der Waals surface area contributed by atoms with E-state index in [1.807, 2.05) is 0 Å². The normalized spacial score (nSPS) is 12.4. The van der Waals surface area contributed by atoms with Gasteiger partial charge < -0.3 is 5.11 Å². The van der Waals surface area contributed by atoms with Gasteiger partial charge in [-0.15, -0.1) is 0 Å². The second kappa shape index (κ2) is 4.55. The lowest BCUT2D eigenvalue weighted by molar-refractivity contribution is 0.210. The molecule has 1 atom stereocenters. The molecule has 0 bridgehead atoms. The molecule has 2 rings (SSSR count). The Labute approximate surface area is 96.6 Å². The predicted octanol–water partition coefficient (Wildman–Crippen LogP) is 2.35. The van der Waals surface area contributed by atoms with Gasteiger partial charge in [-0.25, -0.2) is 14.4 Å². The number of hydrogen-bond donors (Lipinski definition) is 1. The molecule has 1 unspecified atom stereocenters. The van der Waals surface area contributed by atoms with Crippen LogP contribution in [0.15, 0.2) is 36.8 Å². The summed E-state index contributed by atoms with van der Waals surface area (Å²) in [7, 11) is 0. The van der Waals surface area contributed by atoms with Gasteiger partial charge in [0.15, 0.2) is 0 Å². The maximum Gasteiger partial charge on any atom is 0.130 e. The second-order valence-electron chi connectivity index (χ2n) is 3.20. The van der Waals surface area contributed by atoms with Crippen LogP contribution in [0.4, 0.5) is 4.39 Å². The Kier molecular flexibility index (Phi) is 3.12. The molecule has 0 radical (unpaired) electrons. The van der Waals surface area contributed by atoms with E-state index in [4.69, 9.17) is 11.6 Å². The van der Waals surface area contributed by atoms with Crippen molar-refractivity contribution in [2.75, 3.05) is 0 Å². The minimum Gasteiger partial charge on any atom is -0.382 e. The highest BCUT2D eigenvalue weighted by Gasteiger charge is 2.15. The Hall–Kier alpha value is -1.52. The van der Waals surface area contributed by atoms with Crippen molar-refractivity contribution >= 4 is 11.6 Å². The third-order valence-electron chi connectivity index (χ3n) is 2.14. The maximum absolute atomic E-state index is 13.5. The number of aliphatic hydroxyl groups excluding tert-OH is 1. The highest BCUT2D eigenvalue weighted by molar-refractivity contribution is 6.30. The summed E-state index contributed by atoms with van der Waals surface area (Å²) in [5.74, 6) is -0.557. The summed E-state index contributed by atoms with van der Waals surface area (Å²) in [6.45, 7) is 0. The fraction of sp³-hybridized carbons (Fsp3) is 0.0909. The van der Waals surface area contributed by atoms with Crippen LogP contribution in [0.2, 0.25) is 5.02 Å². The van der Waals surface area contributed by atoms with Gasteiger partial charge in [0.1, 0.15) is 18.2 Å².